The number of nitrogens with zero attached hydrogens (tertiary/aromatic N) is 1. The maximum atomic E-state index is 13.9. The molecule has 1 aliphatic heterocycles. The van der Waals surface area contributed by atoms with E-state index in [9.17, 15) is 14.4 Å². The Bertz CT molecular complexity index is 1390. The lowest BCUT2D eigenvalue weighted by atomic mass is 9.82. The van der Waals surface area contributed by atoms with Crippen LogP contribution in [0.3, 0.4) is 0 Å². The highest BCUT2D eigenvalue weighted by Crippen LogP contribution is 2.39. The molecule has 0 N–H and O–H groups in total. The molecule has 0 aromatic heterocycles. The Morgan fingerprint density at radius 3 is 2.12 bits per heavy atom. The maximum Gasteiger partial charge on any atom is 0.227 e. The first kappa shape index (κ1) is 29.9. The van der Waals surface area contributed by atoms with E-state index in [0.29, 0.717) is 29.4 Å². The van der Waals surface area contributed by atoms with Gasteiger partial charge in [0, 0.05) is 40.4 Å². The van der Waals surface area contributed by atoms with E-state index in [-0.39, 0.29) is 35.7 Å². The van der Waals surface area contributed by atoms with Gasteiger partial charge in [-0.25, -0.2) is 0 Å². The van der Waals surface area contributed by atoms with Crippen molar-refractivity contribution in [3.05, 3.63) is 93.5 Å². The Hall–Kier alpha value is -3.09. The van der Waals surface area contributed by atoms with Crippen molar-refractivity contribution in [1.82, 2.24) is 4.90 Å². The molecule has 5 nitrogen and oxygen atoms in total. The van der Waals surface area contributed by atoms with Gasteiger partial charge in [-0.15, -0.1) is 11.8 Å². The number of carbonyl (C=O) groups is 3. The van der Waals surface area contributed by atoms with Crippen molar-refractivity contribution in [3.8, 4) is 5.75 Å². The highest BCUT2D eigenvalue weighted by atomic mass is 35.5. The normalized spacial score (nSPS) is 17.1. The molecular formula is C33H36ClNO4S. The lowest BCUT2D eigenvalue weighted by molar-refractivity contribution is -0.130. The van der Waals surface area contributed by atoms with Crippen molar-refractivity contribution in [2.75, 3.05) is 19.3 Å². The zero-order chi connectivity index (χ0) is 29.2. The van der Waals surface area contributed by atoms with Gasteiger partial charge >= 0.3 is 0 Å². The van der Waals surface area contributed by atoms with Crippen LogP contribution in [0, 0.1) is 19.8 Å². The van der Waals surface area contributed by atoms with E-state index >= 15 is 0 Å². The summed E-state index contributed by atoms with van der Waals surface area (Å²) < 4.78 is 6.15. The van der Waals surface area contributed by atoms with Crippen LogP contribution in [0.25, 0.3) is 0 Å². The number of rotatable bonds is 9. The van der Waals surface area contributed by atoms with Crippen LogP contribution in [-0.2, 0) is 16.0 Å². The lowest BCUT2D eigenvalue weighted by Gasteiger charge is -2.27. The second kappa shape index (κ2) is 12.2. The van der Waals surface area contributed by atoms with Crippen LogP contribution in [0.15, 0.2) is 65.6 Å². The summed E-state index contributed by atoms with van der Waals surface area (Å²) in [4.78, 5) is 42.3. The van der Waals surface area contributed by atoms with Gasteiger partial charge in [0.25, 0.3) is 0 Å². The number of Topliss-reactive ketones (excluding diaryl/α,β-unsaturated/α-hetero) is 2. The summed E-state index contributed by atoms with van der Waals surface area (Å²) in [7, 11) is 0. The molecule has 1 saturated heterocycles. The van der Waals surface area contributed by atoms with Crippen LogP contribution in [0.1, 0.15) is 59.3 Å². The van der Waals surface area contributed by atoms with Gasteiger partial charge in [-0.2, -0.15) is 0 Å². The molecular weight excluding hydrogens is 542 g/mol. The van der Waals surface area contributed by atoms with Crippen LogP contribution in [0.5, 0.6) is 5.75 Å². The average molecular weight is 578 g/mol. The van der Waals surface area contributed by atoms with Gasteiger partial charge in [0.2, 0.25) is 5.91 Å². The number of likely N-dealkylation sites (tertiary alicyclic amines) is 1. The molecule has 0 aliphatic carbocycles. The number of halogens is 1. The standard InChI is InChI=1S/C33H36ClNO4S/c1-20-15-25(16-21(2)32(20)39-33(4,5)22(3)36)28-18-35(30(37)17-23-7-11-26(34)12-8-23)19-29(28)31(38)24-9-13-27(40-6)14-10-24/h7-16,28-29H,17-19H2,1-6H3/t28-,29+/m0/s1. The molecule has 0 saturated carbocycles. The summed E-state index contributed by atoms with van der Waals surface area (Å²) in [6.45, 7) is 9.77. The number of carbonyl (C=O) groups excluding carboxylic acids is 3. The van der Waals surface area contributed by atoms with Crippen molar-refractivity contribution < 1.29 is 19.1 Å². The molecule has 40 heavy (non-hydrogen) atoms. The quantitative estimate of drug-likeness (QED) is 0.201. The highest BCUT2D eigenvalue weighted by Gasteiger charge is 2.41. The van der Waals surface area contributed by atoms with E-state index in [1.807, 2.05) is 73.5 Å². The third-order valence-electron chi connectivity index (χ3n) is 7.77. The fourth-order valence-corrected chi connectivity index (χ4v) is 5.69. The van der Waals surface area contributed by atoms with E-state index < -0.39 is 5.60 Å². The number of amides is 1. The Kier molecular flexibility index (Phi) is 9.11. The number of hydrogen-bond donors (Lipinski definition) is 0. The molecule has 210 valence electrons. The Balaban J connectivity index is 1.66. The number of benzene rings is 3. The van der Waals surface area contributed by atoms with Gasteiger partial charge < -0.3 is 9.64 Å². The number of thioether (sulfide) groups is 1. The van der Waals surface area contributed by atoms with E-state index in [1.54, 1.807) is 37.7 Å². The Morgan fingerprint density at radius 2 is 1.57 bits per heavy atom. The minimum absolute atomic E-state index is 0.0167. The van der Waals surface area contributed by atoms with Crippen LogP contribution < -0.4 is 4.74 Å². The first-order chi connectivity index (χ1) is 18.9. The molecule has 0 unspecified atom stereocenters. The number of ether oxygens (including phenoxy) is 1. The molecule has 1 amide bonds. The molecule has 0 spiro atoms. The van der Waals surface area contributed by atoms with Gasteiger partial charge in [-0.1, -0.05) is 48.0 Å². The molecule has 0 bridgehead atoms. The third kappa shape index (κ3) is 6.61. The molecule has 3 aromatic carbocycles. The smallest absolute Gasteiger partial charge is 0.227 e. The van der Waals surface area contributed by atoms with Crippen LogP contribution in [0.4, 0.5) is 0 Å². The van der Waals surface area contributed by atoms with Gasteiger partial charge in [-0.3, -0.25) is 14.4 Å². The molecule has 1 fully saturated rings. The predicted octanol–water partition coefficient (Wildman–Crippen LogP) is 7.09. The summed E-state index contributed by atoms with van der Waals surface area (Å²) in [5, 5.41) is 0.625. The van der Waals surface area contributed by atoms with Crippen molar-refractivity contribution in [1.29, 1.82) is 0 Å². The zero-order valence-electron chi connectivity index (χ0n) is 23.9. The summed E-state index contributed by atoms with van der Waals surface area (Å²) in [5.41, 5.74) is 3.36. The Labute approximate surface area is 246 Å². The summed E-state index contributed by atoms with van der Waals surface area (Å²) in [6.07, 6.45) is 2.25. The largest absolute Gasteiger partial charge is 0.480 e. The van der Waals surface area contributed by atoms with Gasteiger partial charge in [0.15, 0.2) is 17.2 Å². The Morgan fingerprint density at radius 1 is 0.975 bits per heavy atom. The summed E-state index contributed by atoms with van der Waals surface area (Å²) in [6, 6.07) is 19.0. The fourth-order valence-electron chi connectivity index (χ4n) is 5.15. The molecule has 1 heterocycles. The van der Waals surface area contributed by atoms with Crippen molar-refractivity contribution in [2.45, 2.75) is 57.5 Å². The first-order valence-corrected chi connectivity index (χ1v) is 15.0. The fraction of sp³-hybridized carbons (Fsp3) is 0.364. The second-order valence-corrected chi connectivity index (χ2v) is 12.4. The number of hydrogen-bond acceptors (Lipinski definition) is 5. The van der Waals surface area contributed by atoms with E-state index in [2.05, 4.69) is 0 Å². The average Bonchev–Trinajstić information content (AvgIpc) is 3.37. The predicted molar refractivity (Wildman–Crippen MR) is 162 cm³/mol. The van der Waals surface area contributed by atoms with Crippen LogP contribution in [-0.4, -0.2) is 47.3 Å². The molecule has 7 heteroatoms. The van der Waals surface area contributed by atoms with Crippen LogP contribution >= 0.6 is 23.4 Å². The summed E-state index contributed by atoms with van der Waals surface area (Å²) in [5.74, 6) is 0.0831. The SMILES string of the molecule is CSc1ccc(C(=O)[C@@H]2CN(C(=O)Cc3ccc(Cl)cc3)C[C@H]2c2cc(C)c(OC(C)(C)C(C)=O)c(C)c2)cc1. The van der Waals surface area contributed by atoms with E-state index in [0.717, 1.165) is 27.1 Å². The molecule has 2 atom stereocenters. The number of aryl methyl sites for hydroxylation is 2. The molecule has 4 rings (SSSR count). The zero-order valence-corrected chi connectivity index (χ0v) is 25.5. The number of ketones is 2. The topological polar surface area (TPSA) is 63.7 Å². The summed E-state index contributed by atoms with van der Waals surface area (Å²) >= 11 is 7.65. The van der Waals surface area contributed by atoms with Crippen molar-refractivity contribution >= 4 is 40.8 Å². The van der Waals surface area contributed by atoms with Crippen LogP contribution in [0.2, 0.25) is 5.02 Å². The molecule has 0 radical (unpaired) electrons. The van der Waals surface area contributed by atoms with Gasteiger partial charge in [-0.05, 0) is 87.4 Å². The van der Waals surface area contributed by atoms with Crippen molar-refractivity contribution in [2.24, 2.45) is 5.92 Å². The first-order valence-electron chi connectivity index (χ1n) is 13.4. The maximum absolute atomic E-state index is 13.9. The van der Waals surface area contributed by atoms with Gasteiger partial charge in [0.05, 0.1) is 6.42 Å². The van der Waals surface area contributed by atoms with E-state index in [1.165, 1.54) is 6.92 Å². The lowest BCUT2D eigenvalue weighted by Crippen LogP contribution is -2.36. The highest BCUT2D eigenvalue weighted by molar-refractivity contribution is 7.98. The minimum Gasteiger partial charge on any atom is -0.480 e. The molecule has 3 aromatic rings. The minimum atomic E-state index is -0.948. The van der Waals surface area contributed by atoms with Crippen molar-refractivity contribution in [3.63, 3.8) is 0 Å². The third-order valence-corrected chi connectivity index (χ3v) is 8.76. The van der Waals surface area contributed by atoms with Gasteiger partial charge in [0.1, 0.15) is 5.75 Å². The monoisotopic (exact) mass is 577 g/mol. The molecule has 1 aliphatic rings. The second-order valence-electron chi connectivity index (χ2n) is 11.1. The van der Waals surface area contributed by atoms with E-state index in [4.69, 9.17) is 16.3 Å².